The number of nitrogens with one attached hydrogen (secondary N) is 1. The average molecular weight is 425 g/mol. The molecule has 0 radical (unpaired) electrons. The second kappa shape index (κ2) is 9.30. The van der Waals surface area contributed by atoms with Crippen molar-refractivity contribution in [2.24, 2.45) is 0 Å². The number of amides is 1. The van der Waals surface area contributed by atoms with Crippen molar-refractivity contribution in [1.82, 2.24) is 0 Å². The van der Waals surface area contributed by atoms with Crippen LogP contribution >= 0.6 is 11.6 Å². The van der Waals surface area contributed by atoms with Crippen LogP contribution in [0.1, 0.15) is 27.2 Å². The number of halogens is 1. The van der Waals surface area contributed by atoms with Crippen molar-refractivity contribution in [3.8, 4) is 5.75 Å². The fourth-order valence-corrected chi connectivity index (χ4v) is 4.13. The number of hydrogen-bond donors (Lipinski definition) is 1. The van der Waals surface area contributed by atoms with Crippen LogP contribution < -0.4 is 14.4 Å². The lowest BCUT2D eigenvalue weighted by atomic mass is 10.1. The third-order valence-corrected chi connectivity index (χ3v) is 5.32. The first kappa shape index (κ1) is 22.0. The van der Waals surface area contributed by atoms with Crippen molar-refractivity contribution < 1.29 is 17.9 Å². The van der Waals surface area contributed by atoms with E-state index in [0.29, 0.717) is 28.6 Å². The van der Waals surface area contributed by atoms with Crippen LogP contribution in [0.3, 0.4) is 0 Å². The number of carbonyl (C=O) groups excluding carboxylic acids is 1. The number of rotatable bonds is 8. The molecule has 6 nitrogen and oxygen atoms in total. The van der Waals surface area contributed by atoms with Gasteiger partial charge >= 0.3 is 0 Å². The lowest BCUT2D eigenvalue weighted by Crippen LogP contribution is -2.47. The number of benzene rings is 2. The minimum absolute atomic E-state index is 0.0000256. The van der Waals surface area contributed by atoms with Gasteiger partial charge in [0.05, 0.1) is 18.0 Å². The summed E-state index contributed by atoms with van der Waals surface area (Å²) in [6.07, 6.45) is 1.37. The van der Waals surface area contributed by atoms with E-state index in [0.717, 1.165) is 10.6 Å². The van der Waals surface area contributed by atoms with Crippen LogP contribution in [-0.4, -0.2) is 32.7 Å². The van der Waals surface area contributed by atoms with Crippen molar-refractivity contribution in [2.45, 2.75) is 39.3 Å². The Labute approximate surface area is 171 Å². The summed E-state index contributed by atoms with van der Waals surface area (Å²) in [7, 11) is -3.70. The molecule has 0 aliphatic carbocycles. The average Bonchev–Trinajstić information content (AvgIpc) is 2.59. The van der Waals surface area contributed by atoms with E-state index in [4.69, 9.17) is 16.3 Å². The summed E-state index contributed by atoms with van der Waals surface area (Å²) in [5.74, 6) is 0.197. The highest BCUT2D eigenvalue weighted by molar-refractivity contribution is 7.92. The molecule has 0 unspecified atom stereocenters. The van der Waals surface area contributed by atoms with Crippen LogP contribution in [0.15, 0.2) is 48.5 Å². The Balaban J connectivity index is 2.30. The van der Waals surface area contributed by atoms with Gasteiger partial charge in [-0.3, -0.25) is 9.10 Å². The Morgan fingerprint density at radius 1 is 1.18 bits per heavy atom. The zero-order chi connectivity index (χ0) is 20.9. The molecule has 2 aromatic rings. The second-order valence-corrected chi connectivity index (χ2v) is 8.94. The fourth-order valence-electron chi connectivity index (χ4n) is 2.79. The van der Waals surface area contributed by atoms with Gasteiger partial charge in [0.15, 0.2) is 0 Å². The van der Waals surface area contributed by atoms with E-state index in [9.17, 15) is 13.2 Å². The molecular formula is C20H25ClN2O4S. The van der Waals surface area contributed by atoms with Crippen LogP contribution in [0.4, 0.5) is 11.4 Å². The lowest BCUT2D eigenvalue weighted by molar-refractivity contribution is -0.117. The third-order valence-electron chi connectivity index (χ3n) is 3.88. The van der Waals surface area contributed by atoms with Gasteiger partial charge < -0.3 is 10.1 Å². The van der Waals surface area contributed by atoms with Gasteiger partial charge in [-0.15, -0.1) is 0 Å². The molecule has 0 bridgehead atoms. The van der Waals surface area contributed by atoms with Crippen LogP contribution in [0.5, 0.6) is 5.75 Å². The highest BCUT2D eigenvalue weighted by Gasteiger charge is 2.31. The van der Waals surface area contributed by atoms with E-state index >= 15 is 0 Å². The van der Waals surface area contributed by atoms with E-state index in [1.807, 2.05) is 13.8 Å². The molecule has 1 N–H and O–H groups in total. The van der Waals surface area contributed by atoms with E-state index in [2.05, 4.69) is 5.32 Å². The standard InChI is InChI=1S/C20H25ClN2O4S/c1-5-19(23(28(4,25)26)17-11-9-15(21)10-12-17)20(24)22-16-7-6-8-18(13-16)27-14(2)3/h6-14,19H,5H2,1-4H3,(H,22,24)/t19-/m1/s1. The van der Waals surface area contributed by atoms with Gasteiger partial charge in [-0.2, -0.15) is 0 Å². The van der Waals surface area contributed by atoms with Gasteiger partial charge in [-0.05, 0) is 56.7 Å². The van der Waals surface area contributed by atoms with E-state index in [-0.39, 0.29) is 6.10 Å². The first-order valence-electron chi connectivity index (χ1n) is 8.94. The maximum absolute atomic E-state index is 12.9. The Bertz CT molecular complexity index is 914. The Morgan fingerprint density at radius 3 is 2.36 bits per heavy atom. The number of nitrogens with zero attached hydrogens (tertiary/aromatic N) is 1. The number of ether oxygens (including phenoxy) is 1. The van der Waals surface area contributed by atoms with Crippen LogP contribution in [0.25, 0.3) is 0 Å². The molecule has 8 heteroatoms. The topological polar surface area (TPSA) is 75.7 Å². The SMILES string of the molecule is CC[C@H](C(=O)Nc1cccc(OC(C)C)c1)N(c1ccc(Cl)cc1)S(C)(=O)=O. The van der Waals surface area contributed by atoms with Gasteiger partial charge in [0, 0.05) is 16.8 Å². The molecule has 0 saturated heterocycles. The predicted octanol–water partition coefficient (Wildman–Crippen LogP) is 4.31. The largest absolute Gasteiger partial charge is 0.491 e. The molecule has 0 saturated carbocycles. The van der Waals surface area contributed by atoms with Crippen LogP contribution in [0, 0.1) is 0 Å². The Morgan fingerprint density at radius 2 is 1.82 bits per heavy atom. The fraction of sp³-hybridized carbons (Fsp3) is 0.350. The minimum atomic E-state index is -3.70. The van der Waals surface area contributed by atoms with Crippen molar-refractivity contribution >= 4 is 38.9 Å². The summed E-state index contributed by atoms with van der Waals surface area (Å²) in [6, 6.07) is 12.4. The van der Waals surface area contributed by atoms with Crippen molar-refractivity contribution in [3.05, 3.63) is 53.6 Å². The molecule has 1 atom stereocenters. The highest BCUT2D eigenvalue weighted by atomic mass is 35.5. The van der Waals surface area contributed by atoms with E-state index in [1.165, 1.54) is 0 Å². The number of hydrogen-bond acceptors (Lipinski definition) is 4. The number of carbonyl (C=O) groups is 1. The van der Waals surface area contributed by atoms with E-state index in [1.54, 1.807) is 55.5 Å². The molecule has 2 rings (SSSR count). The molecule has 0 aromatic heterocycles. The van der Waals surface area contributed by atoms with Crippen molar-refractivity contribution in [1.29, 1.82) is 0 Å². The zero-order valence-electron chi connectivity index (χ0n) is 16.3. The summed E-state index contributed by atoms with van der Waals surface area (Å²) in [4.78, 5) is 12.9. The van der Waals surface area contributed by atoms with Gasteiger partial charge in [0.1, 0.15) is 11.8 Å². The Kier molecular flexibility index (Phi) is 7.32. The number of sulfonamides is 1. The van der Waals surface area contributed by atoms with Gasteiger partial charge in [0.2, 0.25) is 15.9 Å². The summed E-state index contributed by atoms with van der Waals surface area (Å²) < 4.78 is 31.6. The smallest absolute Gasteiger partial charge is 0.248 e. The zero-order valence-corrected chi connectivity index (χ0v) is 17.9. The summed E-state index contributed by atoms with van der Waals surface area (Å²) in [6.45, 7) is 5.58. The molecule has 0 spiro atoms. The summed E-state index contributed by atoms with van der Waals surface area (Å²) >= 11 is 5.91. The molecule has 0 aliphatic heterocycles. The molecule has 28 heavy (non-hydrogen) atoms. The van der Waals surface area contributed by atoms with Crippen LogP contribution in [0.2, 0.25) is 5.02 Å². The van der Waals surface area contributed by atoms with Gasteiger partial charge in [0.25, 0.3) is 0 Å². The van der Waals surface area contributed by atoms with Gasteiger partial charge in [-0.25, -0.2) is 8.42 Å². The maximum atomic E-state index is 12.9. The van der Waals surface area contributed by atoms with E-state index < -0.39 is 22.0 Å². The molecule has 0 heterocycles. The molecule has 152 valence electrons. The minimum Gasteiger partial charge on any atom is -0.491 e. The third kappa shape index (κ3) is 5.87. The maximum Gasteiger partial charge on any atom is 0.248 e. The molecular weight excluding hydrogens is 400 g/mol. The normalized spacial score (nSPS) is 12.5. The Hall–Kier alpha value is -2.25. The molecule has 1 amide bonds. The first-order valence-corrected chi connectivity index (χ1v) is 11.2. The summed E-state index contributed by atoms with van der Waals surface area (Å²) in [5.41, 5.74) is 0.914. The van der Waals surface area contributed by atoms with Crippen molar-refractivity contribution in [3.63, 3.8) is 0 Å². The van der Waals surface area contributed by atoms with Gasteiger partial charge in [-0.1, -0.05) is 24.6 Å². The predicted molar refractivity (Wildman–Crippen MR) is 114 cm³/mol. The number of anilines is 2. The second-order valence-electron chi connectivity index (χ2n) is 6.64. The highest BCUT2D eigenvalue weighted by Crippen LogP contribution is 2.25. The molecule has 2 aromatic carbocycles. The monoisotopic (exact) mass is 424 g/mol. The van der Waals surface area contributed by atoms with Crippen LogP contribution in [-0.2, 0) is 14.8 Å². The lowest BCUT2D eigenvalue weighted by Gasteiger charge is -2.30. The van der Waals surface area contributed by atoms with Crippen molar-refractivity contribution in [2.75, 3.05) is 15.9 Å². The quantitative estimate of drug-likeness (QED) is 0.685. The first-order chi connectivity index (χ1) is 13.1. The molecule has 0 aliphatic rings. The summed E-state index contributed by atoms with van der Waals surface area (Å²) in [5, 5.41) is 3.27. The molecule has 0 fully saturated rings.